The molecule has 0 spiro atoms. The summed E-state index contributed by atoms with van der Waals surface area (Å²) in [5, 5.41) is 8.96. The minimum atomic E-state index is 0.324. The number of aliphatic hydroxyl groups is 1. The Morgan fingerprint density at radius 1 is 1.25 bits per heavy atom. The quantitative estimate of drug-likeness (QED) is 0.480. The Bertz CT molecular complexity index is 215. The lowest BCUT2D eigenvalue weighted by Crippen LogP contribution is -2.06. The van der Waals surface area contributed by atoms with Gasteiger partial charge in [0.05, 0.1) is 0 Å². The third-order valence-corrected chi connectivity index (χ3v) is 3.02. The molecule has 0 aromatic heterocycles. The van der Waals surface area contributed by atoms with Crippen LogP contribution in [0.15, 0.2) is 23.8 Å². The second-order valence-electron chi connectivity index (χ2n) is 4.99. The number of hydrogen-bond donors (Lipinski definition) is 1. The zero-order valence-corrected chi connectivity index (χ0v) is 11.4. The van der Waals surface area contributed by atoms with Crippen molar-refractivity contribution in [1.82, 2.24) is 0 Å². The molecule has 0 saturated heterocycles. The first kappa shape index (κ1) is 15.4. The molecule has 0 bridgehead atoms. The summed E-state index contributed by atoms with van der Waals surface area (Å²) in [5.41, 5.74) is 1.34. The largest absolute Gasteiger partial charge is 0.396 e. The van der Waals surface area contributed by atoms with Gasteiger partial charge in [-0.25, -0.2) is 0 Å². The zero-order valence-electron chi connectivity index (χ0n) is 11.4. The van der Waals surface area contributed by atoms with Gasteiger partial charge in [0.25, 0.3) is 0 Å². The minimum Gasteiger partial charge on any atom is -0.396 e. The molecule has 1 heteroatoms. The smallest absolute Gasteiger partial charge is 0.0456 e. The molecule has 0 aliphatic heterocycles. The van der Waals surface area contributed by atoms with Gasteiger partial charge in [0.2, 0.25) is 0 Å². The molecule has 0 aliphatic carbocycles. The Hall–Kier alpha value is -0.560. The third kappa shape index (κ3) is 8.72. The molecular formula is C15H28O. The average molecular weight is 224 g/mol. The van der Waals surface area contributed by atoms with Crippen LogP contribution in [0.3, 0.4) is 0 Å². The van der Waals surface area contributed by atoms with E-state index in [2.05, 4.69) is 45.9 Å². The van der Waals surface area contributed by atoms with Crippen molar-refractivity contribution in [1.29, 1.82) is 0 Å². The van der Waals surface area contributed by atoms with Gasteiger partial charge >= 0.3 is 0 Å². The van der Waals surface area contributed by atoms with Gasteiger partial charge in [0.15, 0.2) is 0 Å². The molecule has 0 amide bonds. The summed E-state index contributed by atoms with van der Waals surface area (Å²) in [6, 6.07) is 0. The van der Waals surface area contributed by atoms with Crippen molar-refractivity contribution in [2.24, 2.45) is 11.8 Å². The average Bonchev–Trinajstić information content (AvgIpc) is 2.27. The normalized spacial score (nSPS) is 16.7. The highest BCUT2D eigenvalue weighted by Gasteiger charge is 2.06. The fourth-order valence-corrected chi connectivity index (χ4v) is 1.83. The molecule has 2 atom stereocenters. The Balaban J connectivity index is 3.55. The van der Waals surface area contributed by atoms with E-state index in [0.717, 1.165) is 12.3 Å². The van der Waals surface area contributed by atoms with Crippen molar-refractivity contribution in [2.75, 3.05) is 6.61 Å². The van der Waals surface area contributed by atoms with Gasteiger partial charge in [-0.2, -0.15) is 0 Å². The predicted molar refractivity (Wildman–Crippen MR) is 72.5 cm³/mol. The van der Waals surface area contributed by atoms with Crippen LogP contribution in [0, 0.1) is 11.8 Å². The van der Waals surface area contributed by atoms with E-state index in [-0.39, 0.29) is 0 Å². The SMILES string of the molecule is CC=C(C)/C=C/CCC[C@@H](C)C[C@@H](C)CO. The number of hydrogen-bond acceptors (Lipinski definition) is 1. The summed E-state index contributed by atoms with van der Waals surface area (Å²) < 4.78 is 0. The topological polar surface area (TPSA) is 20.2 Å². The van der Waals surface area contributed by atoms with Crippen molar-refractivity contribution in [3.63, 3.8) is 0 Å². The second-order valence-corrected chi connectivity index (χ2v) is 4.99. The monoisotopic (exact) mass is 224 g/mol. The highest BCUT2D eigenvalue weighted by molar-refractivity contribution is 5.14. The van der Waals surface area contributed by atoms with E-state index in [1.807, 2.05) is 0 Å². The fourth-order valence-electron chi connectivity index (χ4n) is 1.83. The van der Waals surface area contributed by atoms with Crippen molar-refractivity contribution in [2.45, 2.75) is 53.4 Å². The first-order valence-corrected chi connectivity index (χ1v) is 6.50. The molecule has 94 valence electrons. The van der Waals surface area contributed by atoms with Crippen molar-refractivity contribution in [3.05, 3.63) is 23.8 Å². The first-order valence-electron chi connectivity index (χ1n) is 6.50. The summed E-state index contributed by atoms with van der Waals surface area (Å²) in [5.74, 6) is 1.19. The number of rotatable bonds is 8. The lowest BCUT2D eigenvalue weighted by Gasteiger charge is -2.14. The van der Waals surface area contributed by atoms with Gasteiger partial charge in [-0.05, 0) is 44.9 Å². The summed E-state index contributed by atoms with van der Waals surface area (Å²) in [6.07, 6.45) is 11.4. The van der Waals surface area contributed by atoms with E-state index in [0.29, 0.717) is 12.5 Å². The number of aliphatic hydroxyl groups excluding tert-OH is 1. The maximum absolute atomic E-state index is 8.96. The molecule has 0 aliphatic rings. The molecule has 0 aromatic carbocycles. The van der Waals surface area contributed by atoms with Crippen LogP contribution in [0.2, 0.25) is 0 Å². The summed E-state index contributed by atoms with van der Waals surface area (Å²) in [6.45, 7) is 8.92. The van der Waals surface area contributed by atoms with Crippen LogP contribution >= 0.6 is 0 Å². The number of allylic oxidation sites excluding steroid dienone is 4. The molecule has 0 radical (unpaired) electrons. The van der Waals surface area contributed by atoms with Crippen LogP contribution in [-0.2, 0) is 0 Å². The van der Waals surface area contributed by atoms with Crippen molar-refractivity contribution < 1.29 is 5.11 Å². The van der Waals surface area contributed by atoms with Crippen LogP contribution in [0.4, 0.5) is 0 Å². The molecule has 1 nitrogen and oxygen atoms in total. The maximum Gasteiger partial charge on any atom is 0.0456 e. The lowest BCUT2D eigenvalue weighted by molar-refractivity contribution is 0.212. The maximum atomic E-state index is 8.96. The molecule has 0 fully saturated rings. The van der Waals surface area contributed by atoms with Crippen LogP contribution < -0.4 is 0 Å². The second kappa shape index (κ2) is 9.65. The Labute approximate surface area is 101 Å². The van der Waals surface area contributed by atoms with Crippen molar-refractivity contribution in [3.8, 4) is 0 Å². The van der Waals surface area contributed by atoms with Gasteiger partial charge in [-0.1, -0.05) is 44.1 Å². The van der Waals surface area contributed by atoms with E-state index in [1.54, 1.807) is 0 Å². The van der Waals surface area contributed by atoms with E-state index in [9.17, 15) is 0 Å². The van der Waals surface area contributed by atoms with Crippen LogP contribution in [0.1, 0.15) is 53.4 Å². The van der Waals surface area contributed by atoms with Crippen LogP contribution in [0.5, 0.6) is 0 Å². The predicted octanol–water partition coefficient (Wildman–Crippen LogP) is 4.33. The van der Waals surface area contributed by atoms with Gasteiger partial charge in [0, 0.05) is 6.61 Å². The minimum absolute atomic E-state index is 0.324. The van der Waals surface area contributed by atoms with Crippen molar-refractivity contribution >= 4 is 0 Å². The first-order chi connectivity index (χ1) is 7.60. The lowest BCUT2D eigenvalue weighted by atomic mass is 9.93. The Morgan fingerprint density at radius 3 is 2.50 bits per heavy atom. The van der Waals surface area contributed by atoms with E-state index >= 15 is 0 Å². The molecule has 0 unspecified atom stereocenters. The fraction of sp³-hybridized carbons (Fsp3) is 0.733. The van der Waals surface area contributed by atoms with Gasteiger partial charge in [-0.3, -0.25) is 0 Å². The van der Waals surface area contributed by atoms with Crippen LogP contribution in [0.25, 0.3) is 0 Å². The number of unbranched alkanes of at least 4 members (excludes halogenated alkanes) is 1. The highest BCUT2D eigenvalue weighted by Crippen LogP contribution is 2.17. The molecule has 1 N–H and O–H groups in total. The highest BCUT2D eigenvalue weighted by atomic mass is 16.3. The molecule has 0 saturated carbocycles. The summed E-state index contributed by atoms with van der Waals surface area (Å²) in [7, 11) is 0. The summed E-state index contributed by atoms with van der Waals surface area (Å²) >= 11 is 0. The van der Waals surface area contributed by atoms with E-state index in [4.69, 9.17) is 5.11 Å². The van der Waals surface area contributed by atoms with E-state index < -0.39 is 0 Å². The molecule has 0 rings (SSSR count). The van der Waals surface area contributed by atoms with Gasteiger partial charge < -0.3 is 5.11 Å². The van der Waals surface area contributed by atoms with Crippen LogP contribution in [-0.4, -0.2) is 11.7 Å². The Kier molecular flexibility index (Phi) is 9.31. The van der Waals surface area contributed by atoms with Gasteiger partial charge in [0.1, 0.15) is 0 Å². The van der Waals surface area contributed by atoms with Gasteiger partial charge in [-0.15, -0.1) is 0 Å². The van der Waals surface area contributed by atoms with E-state index in [1.165, 1.54) is 24.8 Å². The molecule has 0 aromatic rings. The third-order valence-electron chi connectivity index (χ3n) is 3.02. The molecular weight excluding hydrogens is 196 g/mol. The molecule has 0 heterocycles. The molecule has 16 heavy (non-hydrogen) atoms. The zero-order chi connectivity index (χ0) is 12.4. The standard InChI is InChI=1S/C15H28O/c1-5-13(2)9-7-6-8-10-14(3)11-15(4)12-16/h5,7,9,14-16H,6,8,10-12H2,1-4H3/b9-7+,13-5?/t14-,15-/m1/s1. The Morgan fingerprint density at radius 2 is 1.94 bits per heavy atom. The summed E-state index contributed by atoms with van der Waals surface area (Å²) in [4.78, 5) is 0.